The van der Waals surface area contributed by atoms with Crippen molar-refractivity contribution in [2.45, 2.75) is 106 Å². The minimum Gasteiger partial charge on any atom is -0.478 e. The highest BCUT2D eigenvalue weighted by molar-refractivity contribution is 5.85. The molecule has 0 saturated carbocycles. The van der Waals surface area contributed by atoms with Crippen LogP contribution in [0.4, 0.5) is 0 Å². The molecule has 2 atom stereocenters. The van der Waals surface area contributed by atoms with Crippen LogP contribution in [0.15, 0.2) is 11.6 Å². The third-order valence-electron chi connectivity index (χ3n) is 5.37. The van der Waals surface area contributed by atoms with Crippen molar-refractivity contribution < 1.29 is 19.5 Å². The number of piperidine rings is 1. The van der Waals surface area contributed by atoms with Crippen molar-refractivity contribution in [2.75, 3.05) is 20.1 Å². The van der Waals surface area contributed by atoms with Crippen molar-refractivity contribution in [3.63, 3.8) is 0 Å². The van der Waals surface area contributed by atoms with Gasteiger partial charge in [-0.25, -0.2) is 4.79 Å². The van der Waals surface area contributed by atoms with E-state index in [0.717, 1.165) is 13.0 Å². The first kappa shape index (κ1) is 32.3. The topological polar surface area (TPSA) is 90.0 Å². The standard InChI is InChI=1S/C15H30N2O.C7H11NO3.C3H8/c1-11(2)17-10-8-7-9-13(17)14(18)16-12(3)15(4,5)6;1-6(7(10)11)3-4-8(2)5-9;1-3-2/h11-13H,7-10H2,1-6H3,(H,16,18);3,5H,4H2,1-2H3,(H,10,11);3H2,1-2H3/b;6-3+;/t12?,13-;;/m1../s1. The molecule has 7 heteroatoms. The van der Waals surface area contributed by atoms with Gasteiger partial charge in [-0.3, -0.25) is 14.5 Å². The van der Waals surface area contributed by atoms with Crippen molar-refractivity contribution in [2.24, 2.45) is 5.41 Å². The van der Waals surface area contributed by atoms with Gasteiger partial charge in [0.15, 0.2) is 0 Å². The van der Waals surface area contributed by atoms with E-state index < -0.39 is 5.97 Å². The highest BCUT2D eigenvalue weighted by Gasteiger charge is 2.32. The third-order valence-corrected chi connectivity index (χ3v) is 5.37. The molecule has 1 aliphatic heterocycles. The van der Waals surface area contributed by atoms with Crippen LogP contribution in [0.2, 0.25) is 0 Å². The van der Waals surface area contributed by atoms with Crippen LogP contribution in [0.1, 0.15) is 88.0 Å². The summed E-state index contributed by atoms with van der Waals surface area (Å²) in [5, 5.41) is 11.6. The molecule has 7 nitrogen and oxygen atoms in total. The summed E-state index contributed by atoms with van der Waals surface area (Å²) in [6.07, 6.45) is 6.77. The average molecular weight is 456 g/mol. The van der Waals surface area contributed by atoms with Crippen molar-refractivity contribution in [1.82, 2.24) is 15.1 Å². The van der Waals surface area contributed by atoms with Crippen LogP contribution in [0.3, 0.4) is 0 Å². The average Bonchev–Trinajstić information content (AvgIpc) is 2.71. The highest BCUT2D eigenvalue weighted by Crippen LogP contribution is 2.22. The monoisotopic (exact) mass is 455 g/mol. The molecule has 1 fully saturated rings. The van der Waals surface area contributed by atoms with E-state index in [-0.39, 0.29) is 29.0 Å². The van der Waals surface area contributed by atoms with Gasteiger partial charge in [-0.2, -0.15) is 0 Å². The maximum absolute atomic E-state index is 12.4. The fourth-order valence-electron chi connectivity index (χ4n) is 2.79. The van der Waals surface area contributed by atoms with Crippen LogP contribution in [-0.4, -0.2) is 71.5 Å². The zero-order valence-electron chi connectivity index (χ0n) is 22.2. The summed E-state index contributed by atoms with van der Waals surface area (Å²) in [7, 11) is 1.58. The van der Waals surface area contributed by atoms with E-state index in [9.17, 15) is 14.4 Å². The molecule has 0 bridgehead atoms. The number of hydrogen-bond acceptors (Lipinski definition) is 4. The summed E-state index contributed by atoms with van der Waals surface area (Å²) < 4.78 is 0. The van der Waals surface area contributed by atoms with Gasteiger partial charge in [-0.1, -0.05) is 53.5 Å². The van der Waals surface area contributed by atoms with E-state index >= 15 is 0 Å². The molecule has 1 saturated heterocycles. The Hall–Kier alpha value is -1.89. The molecule has 1 unspecified atom stereocenters. The second-order valence-electron chi connectivity index (χ2n) is 9.88. The van der Waals surface area contributed by atoms with Crippen LogP contribution in [0.25, 0.3) is 0 Å². The van der Waals surface area contributed by atoms with Gasteiger partial charge >= 0.3 is 5.97 Å². The maximum Gasteiger partial charge on any atom is 0.331 e. The molecule has 0 radical (unpaired) electrons. The first-order valence-corrected chi connectivity index (χ1v) is 11.8. The Morgan fingerprint density at radius 3 is 2.12 bits per heavy atom. The SMILES string of the molecule is C/C(=C\CN(C)C=O)C(=O)O.CC(C)N1CCCC[C@@H]1C(=O)NC(C)C(C)(C)C.CCC. The largest absolute Gasteiger partial charge is 0.478 e. The number of nitrogens with zero attached hydrogens (tertiary/aromatic N) is 2. The number of carboxylic acid groups (broad SMARTS) is 1. The van der Waals surface area contributed by atoms with Crippen molar-refractivity contribution >= 4 is 18.3 Å². The normalized spacial score (nSPS) is 17.8. The van der Waals surface area contributed by atoms with Gasteiger partial charge in [0.2, 0.25) is 12.3 Å². The summed E-state index contributed by atoms with van der Waals surface area (Å²) in [5.41, 5.74) is 0.367. The number of amides is 2. The van der Waals surface area contributed by atoms with E-state index in [1.807, 2.05) is 0 Å². The second kappa shape index (κ2) is 16.7. The number of carboxylic acids is 1. The van der Waals surface area contributed by atoms with Crippen molar-refractivity contribution in [1.29, 1.82) is 0 Å². The van der Waals surface area contributed by atoms with E-state index in [4.69, 9.17) is 5.11 Å². The first-order chi connectivity index (χ1) is 14.7. The quantitative estimate of drug-likeness (QED) is 0.441. The van der Waals surface area contributed by atoms with Gasteiger partial charge < -0.3 is 15.3 Å². The molecule has 1 rings (SSSR count). The van der Waals surface area contributed by atoms with E-state index in [1.165, 1.54) is 37.2 Å². The fraction of sp³-hybridized carbons (Fsp3) is 0.800. The zero-order valence-corrected chi connectivity index (χ0v) is 22.2. The molecule has 2 N–H and O–H groups in total. The van der Waals surface area contributed by atoms with Crippen LogP contribution >= 0.6 is 0 Å². The van der Waals surface area contributed by atoms with E-state index in [2.05, 4.69) is 65.6 Å². The van der Waals surface area contributed by atoms with Gasteiger partial charge in [0.25, 0.3) is 0 Å². The minimum absolute atomic E-state index is 0.0727. The lowest BCUT2D eigenvalue weighted by molar-refractivity contribution is -0.132. The van der Waals surface area contributed by atoms with Gasteiger partial charge in [0.05, 0.1) is 6.04 Å². The molecule has 0 spiro atoms. The van der Waals surface area contributed by atoms with Crippen LogP contribution in [-0.2, 0) is 14.4 Å². The first-order valence-electron chi connectivity index (χ1n) is 11.8. The Bertz CT molecular complexity index is 582. The Kier molecular flexibility index (Phi) is 16.9. The predicted octanol–water partition coefficient (Wildman–Crippen LogP) is 4.32. The van der Waals surface area contributed by atoms with Crippen molar-refractivity contribution in [3.05, 3.63) is 11.6 Å². The molecule has 2 amide bonds. The molecule has 0 aromatic carbocycles. The Balaban J connectivity index is 0. The summed E-state index contributed by atoms with van der Waals surface area (Å²) in [6, 6.07) is 0.732. The summed E-state index contributed by atoms with van der Waals surface area (Å²) in [6.45, 7) is 20.1. The Morgan fingerprint density at radius 1 is 1.19 bits per heavy atom. The number of nitrogens with one attached hydrogen (secondary N) is 1. The second-order valence-corrected chi connectivity index (χ2v) is 9.88. The van der Waals surface area contributed by atoms with E-state index in [0.29, 0.717) is 19.0 Å². The molecule has 188 valence electrons. The van der Waals surface area contributed by atoms with Gasteiger partial charge in [0.1, 0.15) is 0 Å². The van der Waals surface area contributed by atoms with Crippen LogP contribution < -0.4 is 5.32 Å². The zero-order chi connectivity index (χ0) is 25.5. The van der Waals surface area contributed by atoms with Crippen LogP contribution in [0, 0.1) is 5.41 Å². The summed E-state index contributed by atoms with van der Waals surface area (Å²) in [4.78, 5) is 36.4. The molecule has 0 aliphatic carbocycles. The molecule has 1 heterocycles. The van der Waals surface area contributed by atoms with Crippen molar-refractivity contribution in [3.8, 4) is 0 Å². The number of carbonyl (C=O) groups is 3. The third kappa shape index (κ3) is 14.2. The lowest BCUT2D eigenvalue weighted by Crippen LogP contribution is -2.55. The Morgan fingerprint density at radius 2 is 1.72 bits per heavy atom. The smallest absolute Gasteiger partial charge is 0.331 e. The molecule has 32 heavy (non-hydrogen) atoms. The van der Waals surface area contributed by atoms with Gasteiger partial charge in [0, 0.05) is 31.2 Å². The highest BCUT2D eigenvalue weighted by atomic mass is 16.4. The number of aliphatic carboxylic acids is 1. The number of carbonyl (C=O) groups excluding carboxylic acids is 2. The van der Waals surface area contributed by atoms with Gasteiger partial charge in [-0.15, -0.1) is 0 Å². The number of likely N-dealkylation sites (N-methyl/N-ethyl adjacent to an activating group) is 1. The van der Waals surface area contributed by atoms with Gasteiger partial charge in [-0.05, 0) is 52.5 Å². The summed E-state index contributed by atoms with van der Waals surface area (Å²) >= 11 is 0. The number of rotatable bonds is 7. The molecule has 1 aliphatic rings. The molecule has 0 aromatic heterocycles. The Labute approximate surface area is 196 Å². The lowest BCUT2D eigenvalue weighted by Gasteiger charge is -2.39. The maximum atomic E-state index is 12.4. The van der Waals surface area contributed by atoms with E-state index in [1.54, 1.807) is 7.05 Å². The molecule has 0 aromatic rings. The number of likely N-dealkylation sites (tertiary alicyclic amines) is 1. The minimum atomic E-state index is -0.954. The predicted molar refractivity (Wildman–Crippen MR) is 133 cm³/mol. The summed E-state index contributed by atoms with van der Waals surface area (Å²) in [5.74, 6) is -0.741. The lowest BCUT2D eigenvalue weighted by atomic mass is 9.87. The molecular formula is C25H49N3O4. The fourth-order valence-corrected chi connectivity index (χ4v) is 2.79. The molecular weight excluding hydrogens is 406 g/mol. The van der Waals surface area contributed by atoms with Crippen LogP contribution in [0.5, 0.6) is 0 Å². The number of hydrogen-bond donors (Lipinski definition) is 2.